The molecule has 0 aromatic heterocycles. The lowest BCUT2D eigenvalue weighted by Gasteiger charge is -2.34. The first kappa shape index (κ1) is 12.9. The van der Waals surface area contributed by atoms with Crippen molar-refractivity contribution in [1.82, 2.24) is 4.90 Å². The van der Waals surface area contributed by atoms with Gasteiger partial charge in [-0.25, -0.2) is 0 Å². The summed E-state index contributed by atoms with van der Waals surface area (Å²) in [5.41, 5.74) is 0. The fourth-order valence-corrected chi connectivity index (χ4v) is 1.87. The van der Waals surface area contributed by atoms with Crippen molar-refractivity contribution in [1.29, 1.82) is 0 Å². The Hall–Kier alpha value is -0.0800. The van der Waals surface area contributed by atoms with E-state index < -0.39 is 0 Å². The van der Waals surface area contributed by atoms with Gasteiger partial charge in [-0.3, -0.25) is 4.90 Å². The molecule has 0 aliphatic heterocycles. The molecule has 0 saturated carbocycles. The summed E-state index contributed by atoms with van der Waals surface area (Å²) in [6.07, 6.45) is 3.53. The third kappa shape index (κ3) is 4.10. The SMILES string of the molecule is CCC(C)N(CCO)C(CC)CC. The van der Waals surface area contributed by atoms with Crippen molar-refractivity contribution in [3.63, 3.8) is 0 Å². The molecule has 2 nitrogen and oxygen atoms in total. The van der Waals surface area contributed by atoms with E-state index in [1.54, 1.807) is 0 Å². The van der Waals surface area contributed by atoms with Gasteiger partial charge < -0.3 is 5.11 Å². The molecular weight excluding hydrogens is 162 g/mol. The molecule has 0 radical (unpaired) electrons. The van der Waals surface area contributed by atoms with Crippen LogP contribution < -0.4 is 0 Å². The third-order valence-electron chi connectivity index (χ3n) is 2.93. The molecule has 0 fully saturated rings. The summed E-state index contributed by atoms with van der Waals surface area (Å²) < 4.78 is 0. The highest BCUT2D eigenvalue weighted by Gasteiger charge is 2.18. The zero-order valence-electron chi connectivity index (χ0n) is 9.58. The van der Waals surface area contributed by atoms with Crippen LogP contribution in [0.5, 0.6) is 0 Å². The molecule has 13 heavy (non-hydrogen) atoms. The van der Waals surface area contributed by atoms with Gasteiger partial charge in [-0.05, 0) is 26.2 Å². The molecule has 0 heterocycles. The summed E-state index contributed by atoms with van der Waals surface area (Å²) in [5.74, 6) is 0. The van der Waals surface area contributed by atoms with Crippen LogP contribution in [0.1, 0.15) is 47.0 Å². The number of aliphatic hydroxyl groups excluding tert-OH is 1. The summed E-state index contributed by atoms with van der Waals surface area (Å²) in [6, 6.07) is 1.24. The van der Waals surface area contributed by atoms with E-state index in [1.165, 1.54) is 12.8 Å². The molecule has 0 aromatic carbocycles. The molecule has 0 rings (SSSR count). The smallest absolute Gasteiger partial charge is 0.0558 e. The van der Waals surface area contributed by atoms with E-state index in [9.17, 15) is 0 Å². The summed E-state index contributed by atoms with van der Waals surface area (Å²) in [7, 11) is 0. The van der Waals surface area contributed by atoms with Crippen LogP contribution in [0.15, 0.2) is 0 Å². The lowest BCUT2D eigenvalue weighted by molar-refractivity contribution is 0.102. The summed E-state index contributed by atoms with van der Waals surface area (Å²) in [5, 5.41) is 8.98. The summed E-state index contributed by atoms with van der Waals surface area (Å²) >= 11 is 0. The fraction of sp³-hybridized carbons (Fsp3) is 1.00. The highest BCUT2D eigenvalue weighted by Crippen LogP contribution is 2.13. The molecule has 0 aliphatic rings. The first-order chi connectivity index (χ1) is 6.21. The lowest BCUT2D eigenvalue weighted by Crippen LogP contribution is -2.42. The Balaban J connectivity index is 4.19. The largest absolute Gasteiger partial charge is 0.395 e. The molecule has 0 amide bonds. The van der Waals surface area contributed by atoms with Crippen molar-refractivity contribution >= 4 is 0 Å². The van der Waals surface area contributed by atoms with Crippen LogP contribution in [0, 0.1) is 0 Å². The Morgan fingerprint density at radius 2 is 1.62 bits per heavy atom. The van der Waals surface area contributed by atoms with Crippen LogP contribution in [0.4, 0.5) is 0 Å². The minimum Gasteiger partial charge on any atom is -0.395 e. The average molecular weight is 187 g/mol. The normalized spacial score (nSPS) is 14.1. The summed E-state index contributed by atoms with van der Waals surface area (Å²) in [6.45, 7) is 10.00. The second kappa shape index (κ2) is 7.34. The highest BCUT2D eigenvalue weighted by atomic mass is 16.3. The molecule has 0 aliphatic carbocycles. The van der Waals surface area contributed by atoms with Gasteiger partial charge >= 0.3 is 0 Å². The van der Waals surface area contributed by atoms with Crippen molar-refractivity contribution < 1.29 is 5.11 Å². The first-order valence-corrected chi connectivity index (χ1v) is 5.57. The topological polar surface area (TPSA) is 23.5 Å². The minimum atomic E-state index is 0.279. The van der Waals surface area contributed by atoms with E-state index in [-0.39, 0.29) is 6.61 Å². The first-order valence-electron chi connectivity index (χ1n) is 5.57. The van der Waals surface area contributed by atoms with Crippen LogP contribution in [-0.4, -0.2) is 35.2 Å². The highest BCUT2D eigenvalue weighted by molar-refractivity contribution is 4.73. The number of rotatable bonds is 7. The number of aliphatic hydroxyl groups is 1. The van der Waals surface area contributed by atoms with Gasteiger partial charge in [-0.15, -0.1) is 0 Å². The molecule has 0 aromatic rings. The van der Waals surface area contributed by atoms with Gasteiger partial charge in [0.1, 0.15) is 0 Å². The van der Waals surface area contributed by atoms with Crippen LogP contribution in [0.25, 0.3) is 0 Å². The van der Waals surface area contributed by atoms with Crippen molar-refractivity contribution in [3.05, 3.63) is 0 Å². The van der Waals surface area contributed by atoms with E-state index in [4.69, 9.17) is 5.11 Å². The van der Waals surface area contributed by atoms with Crippen molar-refractivity contribution in [3.8, 4) is 0 Å². The second-order valence-corrected chi connectivity index (χ2v) is 3.69. The molecule has 1 unspecified atom stereocenters. The third-order valence-corrected chi connectivity index (χ3v) is 2.93. The predicted molar refractivity (Wildman–Crippen MR) is 57.9 cm³/mol. The zero-order valence-corrected chi connectivity index (χ0v) is 9.58. The molecule has 1 N–H and O–H groups in total. The van der Waals surface area contributed by atoms with E-state index in [0.717, 1.165) is 13.0 Å². The Morgan fingerprint density at radius 1 is 1.08 bits per heavy atom. The van der Waals surface area contributed by atoms with E-state index in [2.05, 4.69) is 32.6 Å². The van der Waals surface area contributed by atoms with Crippen LogP contribution in [0.2, 0.25) is 0 Å². The molecule has 2 heteroatoms. The Bertz CT molecular complexity index is 113. The number of hydrogen-bond acceptors (Lipinski definition) is 2. The van der Waals surface area contributed by atoms with Crippen molar-refractivity contribution in [2.75, 3.05) is 13.2 Å². The monoisotopic (exact) mass is 187 g/mol. The van der Waals surface area contributed by atoms with Crippen LogP contribution in [-0.2, 0) is 0 Å². The molecular formula is C11H25NO. The van der Waals surface area contributed by atoms with Gasteiger partial charge in [0.2, 0.25) is 0 Å². The standard InChI is InChI=1S/C11H25NO/c1-5-10(4)12(8-9-13)11(6-2)7-3/h10-11,13H,5-9H2,1-4H3. The second-order valence-electron chi connectivity index (χ2n) is 3.69. The van der Waals surface area contributed by atoms with Gasteiger partial charge in [0, 0.05) is 18.6 Å². The van der Waals surface area contributed by atoms with Crippen molar-refractivity contribution in [2.45, 2.75) is 59.0 Å². The summed E-state index contributed by atoms with van der Waals surface area (Å²) in [4.78, 5) is 2.43. The minimum absolute atomic E-state index is 0.279. The lowest BCUT2D eigenvalue weighted by atomic mass is 10.1. The number of hydrogen-bond donors (Lipinski definition) is 1. The Labute approximate surface area is 82.9 Å². The zero-order chi connectivity index (χ0) is 10.3. The quantitative estimate of drug-likeness (QED) is 0.661. The van der Waals surface area contributed by atoms with E-state index in [1.807, 2.05) is 0 Å². The predicted octanol–water partition coefficient (Wildman–Crippen LogP) is 2.27. The molecule has 80 valence electrons. The van der Waals surface area contributed by atoms with E-state index in [0.29, 0.717) is 12.1 Å². The van der Waals surface area contributed by atoms with Gasteiger partial charge in [-0.1, -0.05) is 20.8 Å². The van der Waals surface area contributed by atoms with Gasteiger partial charge in [-0.2, -0.15) is 0 Å². The van der Waals surface area contributed by atoms with Crippen LogP contribution in [0.3, 0.4) is 0 Å². The van der Waals surface area contributed by atoms with Gasteiger partial charge in [0.25, 0.3) is 0 Å². The molecule has 0 bridgehead atoms. The van der Waals surface area contributed by atoms with Crippen LogP contribution >= 0.6 is 0 Å². The average Bonchev–Trinajstić information content (AvgIpc) is 2.17. The van der Waals surface area contributed by atoms with Crippen molar-refractivity contribution in [2.24, 2.45) is 0 Å². The van der Waals surface area contributed by atoms with Gasteiger partial charge in [0.15, 0.2) is 0 Å². The maximum atomic E-state index is 8.98. The maximum absolute atomic E-state index is 8.98. The van der Waals surface area contributed by atoms with Gasteiger partial charge in [0.05, 0.1) is 6.61 Å². The molecule has 1 atom stereocenters. The van der Waals surface area contributed by atoms with E-state index >= 15 is 0 Å². The molecule has 0 spiro atoms. The number of nitrogens with zero attached hydrogens (tertiary/aromatic N) is 1. The Morgan fingerprint density at radius 3 is 1.92 bits per heavy atom. The fourth-order valence-electron chi connectivity index (χ4n) is 1.87. The maximum Gasteiger partial charge on any atom is 0.0558 e. The Kier molecular flexibility index (Phi) is 7.29. The molecule has 0 saturated heterocycles.